The molecular formula is C19H35N7O2S. The number of hydrogen-bond acceptors (Lipinski definition) is 7. The van der Waals surface area contributed by atoms with E-state index in [9.17, 15) is 4.79 Å². The first-order valence-corrected chi connectivity index (χ1v) is 11.1. The number of nitrogens with one attached hydrogen (secondary N) is 1. The smallest absolute Gasteiger partial charge is 0.410 e. The molecule has 1 saturated heterocycles. The summed E-state index contributed by atoms with van der Waals surface area (Å²) in [5.41, 5.74) is -0.492. The Morgan fingerprint density at radius 3 is 2.52 bits per heavy atom. The quantitative estimate of drug-likeness (QED) is 0.551. The number of anilines is 1. The highest BCUT2D eigenvalue weighted by molar-refractivity contribution is 7.09. The molecule has 0 spiro atoms. The second-order valence-electron chi connectivity index (χ2n) is 7.96. The van der Waals surface area contributed by atoms with Gasteiger partial charge in [0.1, 0.15) is 11.4 Å². The zero-order chi connectivity index (χ0) is 21.4. The molecule has 164 valence electrons. The van der Waals surface area contributed by atoms with E-state index in [-0.39, 0.29) is 6.09 Å². The molecule has 29 heavy (non-hydrogen) atoms. The monoisotopic (exact) mass is 425 g/mol. The molecule has 1 fully saturated rings. The van der Waals surface area contributed by atoms with E-state index in [0.29, 0.717) is 13.1 Å². The number of nitrogens with zero attached hydrogens (tertiary/aromatic N) is 6. The predicted molar refractivity (Wildman–Crippen MR) is 118 cm³/mol. The fourth-order valence-corrected chi connectivity index (χ4v) is 3.59. The van der Waals surface area contributed by atoms with Crippen molar-refractivity contribution < 1.29 is 9.53 Å². The highest BCUT2D eigenvalue weighted by atomic mass is 32.1. The second-order valence-corrected chi connectivity index (χ2v) is 8.69. The lowest BCUT2D eigenvalue weighted by Crippen LogP contribution is -2.52. The molecule has 0 aliphatic carbocycles. The Balaban J connectivity index is 1.86. The minimum Gasteiger partial charge on any atom is -0.444 e. The third kappa shape index (κ3) is 7.34. The molecule has 1 amide bonds. The SMILES string of the molecule is CCNC(=NCCN(C)C(=O)OC(C)(C)C)N1CCN(c2nc(CC)ns2)CC1. The van der Waals surface area contributed by atoms with Crippen molar-refractivity contribution in [1.29, 1.82) is 0 Å². The first-order valence-electron chi connectivity index (χ1n) is 10.3. The Bertz CT molecular complexity index is 678. The van der Waals surface area contributed by atoms with Gasteiger partial charge in [-0.05, 0) is 27.7 Å². The van der Waals surface area contributed by atoms with Gasteiger partial charge in [0.15, 0.2) is 5.96 Å². The summed E-state index contributed by atoms with van der Waals surface area (Å²) in [5.74, 6) is 1.80. The standard InChI is InChI=1S/C19H35N7O2S/c1-7-15-22-17(29-23-15)26-13-11-25(12-14-26)16(20-8-2)21-9-10-24(6)18(27)28-19(3,4)5/h7-14H2,1-6H3,(H,20,21). The average molecular weight is 426 g/mol. The summed E-state index contributed by atoms with van der Waals surface area (Å²) in [5, 5.41) is 4.36. The highest BCUT2D eigenvalue weighted by Crippen LogP contribution is 2.19. The number of ether oxygens (including phenoxy) is 1. The van der Waals surface area contributed by atoms with Crippen LogP contribution >= 0.6 is 11.5 Å². The Labute approximate surface area is 178 Å². The summed E-state index contributed by atoms with van der Waals surface area (Å²) < 4.78 is 9.76. The number of rotatable bonds is 6. The maximum absolute atomic E-state index is 12.1. The number of aliphatic imine (C=N–C) groups is 1. The van der Waals surface area contributed by atoms with Crippen LogP contribution in [0.2, 0.25) is 0 Å². The number of guanidine groups is 1. The van der Waals surface area contributed by atoms with Crippen LogP contribution in [0, 0.1) is 0 Å². The van der Waals surface area contributed by atoms with Gasteiger partial charge in [-0.2, -0.15) is 4.37 Å². The lowest BCUT2D eigenvalue weighted by molar-refractivity contribution is 0.0304. The third-order valence-corrected chi connectivity index (χ3v) is 5.18. The second kappa shape index (κ2) is 10.6. The molecule has 2 heterocycles. The van der Waals surface area contributed by atoms with Gasteiger partial charge in [0, 0.05) is 64.3 Å². The van der Waals surface area contributed by atoms with Gasteiger partial charge in [-0.15, -0.1) is 0 Å². The van der Waals surface area contributed by atoms with Crippen molar-refractivity contribution in [3.05, 3.63) is 5.82 Å². The molecule has 0 saturated carbocycles. The largest absolute Gasteiger partial charge is 0.444 e. The van der Waals surface area contributed by atoms with Crippen LogP contribution in [0.4, 0.5) is 9.93 Å². The van der Waals surface area contributed by atoms with Crippen LogP contribution in [0.25, 0.3) is 0 Å². The fourth-order valence-electron chi connectivity index (χ4n) is 2.79. The van der Waals surface area contributed by atoms with E-state index >= 15 is 0 Å². The van der Waals surface area contributed by atoms with Gasteiger partial charge in [-0.3, -0.25) is 4.99 Å². The molecule has 0 unspecified atom stereocenters. The van der Waals surface area contributed by atoms with Gasteiger partial charge < -0.3 is 24.8 Å². The normalized spacial score (nSPS) is 15.4. The van der Waals surface area contributed by atoms with Crippen LogP contribution in [-0.4, -0.2) is 89.7 Å². The molecule has 10 heteroatoms. The molecule has 0 aromatic carbocycles. The number of aryl methyl sites for hydroxylation is 1. The van der Waals surface area contributed by atoms with Crippen LogP contribution in [0.5, 0.6) is 0 Å². The van der Waals surface area contributed by atoms with Crippen LogP contribution in [-0.2, 0) is 11.2 Å². The lowest BCUT2D eigenvalue weighted by atomic mass is 10.2. The van der Waals surface area contributed by atoms with Gasteiger partial charge in [-0.25, -0.2) is 9.78 Å². The number of piperazine rings is 1. The molecule has 1 aliphatic rings. The molecule has 9 nitrogen and oxygen atoms in total. The maximum atomic E-state index is 12.1. The molecular weight excluding hydrogens is 390 g/mol. The molecule has 1 aromatic heterocycles. The fraction of sp³-hybridized carbons (Fsp3) is 0.789. The summed E-state index contributed by atoms with van der Waals surface area (Å²) in [6.45, 7) is 15.1. The average Bonchev–Trinajstić information content (AvgIpc) is 3.15. The number of likely N-dealkylation sites (N-methyl/N-ethyl adjacent to an activating group) is 1. The first kappa shape index (κ1) is 23.2. The van der Waals surface area contributed by atoms with E-state index in [1.54, 1.807) is 11.9 Å². The zero-order valence-corrected chi connectivity index (χ0v) is 19.4. The predicted octanol–water partition coefficient (Wildman–Crippen LogP) is 2.05. The number of carbonyl (C=O) groups is 1. The molecule has 1 N–H and O–H groups in total. The van der Waals surface area contributed by atoms with Crippen molar-refractivity contribution in [2.45, 2.75) is 46.6 Å². The van der Waals surface area contributed by atoms with Gasteiger partial charge >= 0.3 is 6.09 Å². The maximum Gasteiger partial charge on any atom is 0.410 e. The van der Waals surface area contributed by atoms with Crippen molar-refractivity contribution >= 4 is 28.7 Å². The Morgan fingerprint density at radius 2 is 1.97 bits per heavy atom. The summed E-state index contributed by atoms with van der Waals surface area (Å²) in [7, 11) is 1.74. The minimum absolute atomic E-state index is 0.324. The zero-order valence-electron chi connectivity index (χ0n) is 18.6. The Kier molecular flexibility index (Phi) is 8.48. The van der Waals surface area contributed by atoms with E-state index in [2.05, 4.69) is 38.3 Å². The van der Waals surface area contributed by atoms with Gasteiger partial charge in [-0.1, -0.05) is 6.92 Å². The van der Waals surface area contributed by atoms with Crippen molar-refractivity contribution in [2.24, 2.45) is 4.99 Å². The number of amides is 1. The topological polar surface area (TPSA) is 86.2 Å². The van der Waals surface area contributed by atoms with Crippen molar-refractivity contribution in [3.8, 4) is 0 Å². The van der Waals surface area contributed by atoms with Crippen LogP contribution < -0.4 is 10.2 Å². The summed E-state index contributed by atoms with van der Waals surface area (Å²) >= 11 is 1.48. The van der Waals surface area contributed by atoms with Crippen LogP contribution in [0.1, 0.15) is 40.4 Å². The highest BCUT2D eigenvalue weighted by Gasteiger charge is 2.22. The summed E-state index contributed by atoms with van der Waals surface area (Å²) in [6, 6.07) is 0. The van der Waals surface area contributed by atoms with Crippen LogP contribution in [0.15, 0.2) is 4.99 Å². The van der Waals surface area contributed by atoms with E-state index in [1.807, 2.05) is 20.8 Å². The van der Waals surface area contributed by atoms with E-state index < -0.39 is 5.60 Å². The molecule has 1 aromatic rings. The van der Waals surface area contributed by atoms with E-state index in [1.165, 1.54) is 11.5 Å². The van der Waals surface area contributed by atoms with Gasteiger partial charge in [0.05, 0.1) is 6.54 Å². The van der Waals surface area contributed by atoms with Crippen LogP contribution in [0.3, 0.4) is 0 Å². The molecule has 1 aliphatic heterocycles. The summed E-state index contributed by atoms with van der Waals surface area (Å²) in [6.07, 6.45) is 0.542. The van der Waals surface area contributed by atoms with E-state index in [0.717, 1.165) is 56.1 Å². The minimum atomic E-state index is -0.492. The number of hydrogen-bond donors (Lipinski definition) is 1. The molecule has 0 bridgehead atoms. The van der Waals surface area contributed by atoms with E-state index in [4.69, 9.17) is 9.73 Å². The van der Waals surface area contributed by atoms with Gasteiger partial charge in [0.25, 0.3) is 0 Å². The first-order chi connectivity index (χ1) is 13.7. The van der Waals surface area contributed by atoms with Gasteiger partial charge in [0.2, 0.25) is 5.13 Å². The van der Waals surface area contributed by atoms with Crippen molar-refractivity contribution in [1.82, 2.24) is 24.5 Å². The molecule has 2 rings (SSSR count). The number of carbonyl (C=O) groups excluding carboxylic acids is 1. The molecule has 0 atom stereocenters. The number of aromatic nitrogens is 2. The Morgan fingerprint density at radius 1 is 1.28 bits per heavy atom. The lowest BCUT2D eigenvalue weighted by Gasteiger charge is -2.36. The third-order valence-electron chi connectivity index (χ3n) is 4.36. The molecule has 0 radical (unpaired) electrons. The Hall–Kier alpha value is -2.10. The van der Waals surface area contributed by atoms with Crippen molar-refractivity contribution in [2.75, 3.05) is 57.8 Å². The van der Waals surface area contributed by atoms with Crippen molar-refractivity contribution in [3.63, 3.8) is 0 Å². The summed E-state index contributed by atoms with van der Waals surface area (Å²) in [4.78, 5) is 27.5.